The second kappa shape index (κ2) is 5.71. The highest BCUT2D eigenvalue weighted by Crippen LogP contribution is 2.29. The molecule has 18 heavy (non-hydrogen) atoms. The maximum absolute atomic E-state index is 12.3. The molecule has 0 fully saturated rings. The van der Waals surface area contributed by atoms with Crippen molar-refractivity contribution in [3.05, 3.63) is 47.5 Å². The Bertz CT molecular complexity index is 435. The molecule has 0 unspecified atom stereocenters. The van der Waals surface area contributed by atoms with Gasteiger partial charge in [-0.2, -0.15) is 13.2 Å². The van der Waals surface area contributed by atoms with Crippen LogP contribution in [0, 0.1) is 0 Å². The third-order valence-corrected chi connectivity index (χ3v) is 2.39. The highest BCUT2D eigenvalue weighted by Gasteiger charge is 2.29. The molecule has 0 N–H and O–H groups in total. The van der Waals surface area contributed by atoms with Gasteiger partial charge in [-0.25, -0.2) is 0 Å². The van der Waals surface area contributed by atoms with Crippen molar-refractivity contribution < 1.29 is 18.0 Å². The smallest absolute Gasteiger partial charge is 0.338 e. The van der Waals surface area contributed by atoms with Gasteiger partial charge in [0.05, 0.1) is 5.56 Å². The first-order chi connectivity index (χ1) is 8.34. The molecule has 98 valence electrons. The van der Waals surface area contributed by atoms with E-state index in [1.165, 1.54) is 23.1 Å². The summed E-state index contributed by atoms with van der Waals surface area (Å²) in [5.74, 6) is -0.183. The molecule has 0 saturated carbocycles. The second-order valence-corrected chi connectivity index (χ2v) is 3.89. The van der Waals surface area contributed by atoms with Crippen molar-refractivity contribution in [3.8, 4) is 0 Å². The summed E-state index contributed by atoms with van der Waals surface area (Å²) in [6, 6.07) is 4.79. The number of halogens is 3. The van der Waals surface area contributed by atoms with Crippen molar-refractivity contribution >= 4 is 5.91 Å². The third-order valence-electron chi connectivity index (χ3n) is 2.39. The van der Waals surface area contributed by atoms with E-state index in [9.17, 15) is 18.0 Å². The van der Waals surface area contributed by atoms with Gasteiger partial charge in [-0.15, -0.1) is 0 Å². The molecular weight excluding hydrogens is 243 g/mol. The van der Waals surface area contributed by atoms with Crippen molar-refractivity contribution in [1.82, 2.24) is 4.90 Å². The molecule has 0 bridgehead atoms. The number of benzene rings is 1. The maximum Gasteiger partial charge on any atom is 0.416 e. The van der Waals surface area contributed by atoms with Crippen molar-refractivity contribution in [1.29, 1.82) is 0 Å². The Morgan fingerprint density at radius 1 is 1.28 bits per heavy atom. The number of carbonyl (C=O) groups is 1. The van der Waals surface area contributed by atoms with Crippen LogP contribution in [-0.4, -0.2) is 17.9 Å². The molecule has 0 atom stereocenters. The summed E-state index contributed by atoms with van der Waals surface area (Å²) in [4.78, 5) is 12.9. The predicted molar refractivity (Wildman–Crippen MR) is 62.7 cm³/mol. The number of likely N-dealkylation sites (N-methyl/N-ethyl adjacent to an activating group) is 1. The number of allylic oxidation sites excluding steroid dienone is 1. The van der Waals surface area contributed by atoms with E-state index >= 15 is 0 Å². The molecule has 1 aromatic carbocycles. The zero-order chi connectivity index (χ0) is 13.8. The molecule has 0 spiro atoms. The van der Waals surface area contributed by atoms with Crippen LogP contribution in [0.3, 0.4) is 0 Å². The number of rotatable bonds is 3. The Morgan fingerprint density at radius 2 is 1.83 bits per heavy atom. The second-order valence-electron chi connectivity index (χ2n) is 3.89. The Hall–Kier alpha value is -1.78. The van der Waals surface area contributed by atoms with Gasteiger partial charge in [0.2, 0.25) is 5.91 Å². The van der Waals surface area contributed by atoms with E-state index < -0.39 is 11.7 Å². The van der Waals surface area contributed by atoms with Gasteiger partial charge in [-0.05, 0) is 30.7 Å². The number of alkyl halides is 3. The summed E-state index contributed by atoms with van der Waals surface area (Å²) in [7, 11) is 1.60. The molecule has 0 aliphatic heterocycles. The van der Waals surface area contributed by atoms with Crippen molar-refractivity contribution in [2.24, 2.45) is 0 Å². The van der Waals surface area contributed by atoms with Crippen LogP contribution in [0.4, 0.5) is 13.2 Å². The molecule has 2 nitrogen and oxygen atoms in total. The fourth-order valence-electron chi connectivity index (χ4n) is 1.42. The summed E-state index contributed by atoms with van der Waals surface area (Å²) in [6.45, 7) is 2.01. The lowest BCUT2D eigenvalue weighted by Gasteiger charge is -2.15. The molecule has 5 heteroatoms. The first kappa shape index (κ1) is 14.3. The number of carbonyl (C=O) groups excluding carboxylic acids is 1. The van der Waals surface area contributed by atoms with Crippen LogP contribution in [0.1, 0.15) is 18.1 Å². The van der Waals surface area contributed by atoms with Gasteiger partial charge in [0.15, 0.2) is 0 Å². The van der Waals surface area contributed by atoms with Crippen LogP contribution in [-0.2, 0) is 17.5 Å². The highest BCUT2D eigenvalue weighted by molar-refractivity contribution is 5.87. The summed E-state index contributed by atoms with van der Waals surface area (Å²) in [5, 5.41) is 0. The van der Waals surface area contributed by atoms with E-state index in [-0.39, 0.29) is 12.5 Å². The molecule has 0 saturated heterocycles. The Morgan fingerprint density at radius 3 is 2.28 bits per heavy atom. The minimum atomic E-state index is -4.33. The van der Waals surface area contributed by atoms with Crippen LogP contribution in [0.5, 0.6) is 0 Å². The van der Waals surface area contributed by atoms with Crippen LogP contribution >= 0.6 is 0 Å². The fourth-order valence-corrected chi connectivity index (χ4v) is 1.42. The van der Waals surface area contributed by atoms with E-state index in [1.54, 1.807) is 20.0 Å². The van der Waals surface area contributed by atoms with E-state index in [4.69, 9.17) is 0 Å². The predicted octanol–water partition coefficient (Wildman–Crippen LogP) is 3.24. The van der Waals surface area contributed by atoms with Gasteiger partial charge in [0, 0.05) is 13.6 Å². The number of nitrogens with zero attached hydrogens (tertiary/aromatic N) is 1. The van der Waals surface area contributed by atoms with Gasteiger partial charge in [-0.3, -0.25) is 4.79 Å². The van der Waals surface area contributed by atoms with E-state index in [0.29, 0.717) is 5.56 Å². The van der Waals surface area contributed by atoms with Crippen molar-refractivity contribution in [2.75, 3.05) is 7.05 Å². The number of hydrogen-bond acceptors (Lipinski definition) is 1. The summed E-state index contributed by atoms with van der Waals surface area (Å²) in [5.41, 5.74) is -0.0305. The van der Waals surface area contributed by atoms with Crippen molar-refractivity contribution in [2.45, 2.75) is 19.6 Å². The molecule has 0 aromatic heterocycles. The number of amides is 1. The van der Waals surface area contributed by atoms with Gasteiger partial charge in [-0.1, -0.05) is 18.2 Å². The lowest BCUT2D eigenvalue weighted by molar-refractivity contribution is -0.137. The first-order valence-corrected chi connectivity index (χ1v) is 5.38. The lowest BCUT2D eigenvalue weighted by Crippen LogP contribution is -2.24. The van der Waals surface area contributed by atoms with Crippen LogP contribution in [0.2, 0.25) is 0 Å². The zero-order valence-corrected chi connectivity index (χ0v) is 10.2. The highest BCUT2D eigenvalue weighted by atomic mass is 19.4. The van der Waals surface area contributed by atoms with E-state index in [2.05, 4.69) is 0 Å². The molecule has 0 aliphatic carbocycles. The molecule has 0 aliphatic rings. The average molecular weight is 257 g/mol. The van der Waals surface area contributed by atoms with E-state index in [0.717, 1.165) is 12.1 Å². The topological polar surface area (TPSA) is 20.3 Å². The van der Waals surface area contributed by atoms with Gasteiger partial charge in [0.25, 0.3) is 0 Å². The summed E-state index contributed by atoms with van der Waals surface area (Å²) < 4.78 is 37.0. The van der Waals surface area contributed by atoms with Crippen LogP contribution in [0.25, 0.3) is 0 Å². The molecule has 0 radical (unpaired) electrons. The minimum Gasteiger partial charge on any atom is -0.338 e. The van der Waals surface area contributed by atoms with Crippen molar-refractivity contribution in [3.63, 3.8) is 0 Å². The molecule has 1 rings (SSSR count). The minimum absolute atomic E-state index is 0.183. The quantitative estimate of drug-likeness (QED) is 0.761. The normalized spacial score (nSPS) is 11.8. The first-order valence-electron chi connectivity index (χ1n) is 5.38. The van der Waals surface area contributed by atoms with Crippen LogP contribution < -0.4 is 0 Å². The SMILES string of the molecule is CC=CC(=O)N(C)Cc1ccc(C(F)(F)F)cc1. The van der Waals surface area contributed by atoms with E-state index in [1.807, 2.05) is 0 Å². The fraction of sp³-hybridized carbons (Fsp3) is 0.308. The largest absolute Gasteiger partial charge is 0.416 e. The Labute approximate surface area is 104 Å². The standard InChI is InChI=1S/C13H14F3NO/c1-3-4-12(18)17(2)9-10-5-7-11(8-6-10)13(14,15)16/h3-8H,9H2,1-2H3. The summed E-state index contributed by atoms with van der Waals surface area (Å²) >= 11 is 0. The monoisotopic (exact) mass is 257 g/mol. The Balaban J connectivity index is 2.73. The van der Waals surface area contributed by atoms with Gasteiger partial charge in [0.1, 0.15) is 0 Å². The zero-order valence-electron chi connectivity index (χ0n) is 10.2. The third kappa shape index (κ3) is 3.91. The maximum atomic E-state index is 12.3. The van der Waals surface area contributed by atoms with Crippen LogP contribution in [0.15, 0.2) is 36.4 Å². The number of hydrogen-bond donors (Lipinski definition) is 0. The Kier molecular flexibility index (Phi) is 4.53. The van der Waals surface area contributed by atoms with Gasteiger partial charge < -0.3 is 4.90 Å². The molecule has 0 heterocycles. The molecule has 1 amide bonds. The molecule has 1 aromatic rings. The average Bonchev–Trinajstić information content (AvgIpc) is 2.28. The summed E-state index contributed by atoms with van der Waals surface area (Å²) in [6.07, 6.45) is -1.30. The van der Waals surface area contributed by atoms with Gasteiger partial charge >= 0.3 is 6.18 Å². The molecular formula is C13H14F3NO. The lowest BCUT2D eigenvalue weighted by atomic mass is 10.1.